The highest BCUT2D eigenvalue weighted by Gasteiger charge is 2.15. The molecule has 2 N–H and O–H groups in total. The first kappa shape index (κ1) is 21.5. The van der Waals surface area contributed by atoms with Crippen molar-refractivity contribution in [3.63, 3.8) is 0 Å². The van der Waals surface area contributed by atoms with Gasteiger partial charge in [0.1, 0.15) is 11.5 Å². The number of anilines is 1. The standard InChI is InChI=1S/C25H19ClN4O4/c1-33-18-10-16(11-19(12-18)34-2)28-24(31)14-3-8-22-20(9-14)23-21(13-27-22)25(32)30(29-23)17-6-4-15(26)5-7-17/h3-13,29H,1-2H3,(H,28,31). The zero-order chi connectivity index (χ0) is 23.8. The van der Waals surface area contributed by atoms with Crippen molar-refractivity contribution in [2.45, 2.75) is 0 Å². The van der Waals surface area contributed by atoms with Crippen LogP contribution < -0.4 is 20.3 Å². The Kier molecular flexibility index (Phi) is 5.43. The highest BCUT2D eigenvalue weighted by molar-refractivity contribution is 6.30. The predicted octanol–water partition coefficient (Wildman–Crippen LogP) is 4.79. The third-order valence-electron chi connectivity index (χ3n) is 5.48. The molecule has 0 atom stereocenters. The van der Waals surface area contributed by atoms with Crippen molar-refractivity contribution in [3.8, 4) is 17.2 Å². The van der Waals surface area contributed by atoms with Crippen LogP contribution in [0.4, 0.5) is 5.69 Å². The number of hydrogen-bond donors (Lipinski definition) is 2. The Labute approximate surface area is 198 Å². The number of rotatable bonds is 5. The number of nitrogens with zero attached hydrogens (tertiary/aromatic N) is 2. The molecular weight excluding hydrogens is 456 g/mol. The maximum Gasteiger partial charge on any atom is 0.280 e. The van der Waals surface area contributed by atoms with Crippen molar-refractivity contribution in [2.24, 2.45) is 0 Å². The smallest absolute Gasteiger partial charge is 0.280 e. The lowest BCUT2D eigenvalue weighted by atomic mass is 10.1. The molecule has 0 unspecified atom stereocenters. The summed E-state index contributed by atoms with van der Waals surface area (Å²) < 4.78 is 12.0. The van der Waals surface area contributed by atoms with Gasteiger partial charge in [0.15, 0.2) is 0 Å². The van der Waals surface area contributed by atoms with Gasteiger partial charge in [-0.05, 0) is 42.5 Å². The number of ether oxygens (including phenoxy) is 2. The van der Waals surface area contributed by atoms with Gasteiger partial charge in [0.05, 0.1) is 36.3 Å². The number of halogens is 1. The number of fused-ring (bicyclic) bond motifs is 3. The molecule has 0 spiro atoms. The molecule has 5 aromatic rings. The van der Waals surface area contributed by atoms with Crippen LogP contribution >= 0.6 is 11.6 Å². The minimum atomic E-state index is -0.325. The molecular formula is C25H19ClN4O4. The van der Waals surface area contributed by atoms with E-state index in [4.69, 9.17) is 21.1 Å². The molecule has 0 saturated heterocycles. The summed E-state index contributed by atoms with van der Waals surface area (Å²) in [6.07, 6.45) is 1.53. The zero-order valence-corrected chi connectivity index (χ0v) is 19.0. The summed E-state index contributed by atoms with van der Waals surface area (Å²) in [5.41, 5.74) is 2.56. The SMILES string of the molecule is COc1cc(NC(=O)c2ccc3ncc4c(=O)n(-c5ccc(Cl)cc5)[nH]c4c3c2)cc(OC)c1. The maximum atomic E-state index is 13.0. The molecule has 170 valence electrons. The Morgan fingerprint density at radius 2 is 1.68 bits per heavy atom. The number of amides is 1. The number of aromatic nitrogens is 3. The van der Waals surface area contributed by atoms with Crippen molar-refractivity contribution in [1.82, 2.24) is 14.8 Å². The lowest BCUT2D eigenvalue weighted by Crippen LogP contribution is -2.14. The van der Waals surface area contributed by atoms with Crippen molar-refractivity contribution in [1.29, 1.82) is 0 Å². The fourth-order valence-corrected chi connectivity index (χ4v) is 3.88. The Morgan fingerprint density at radius 3 is 2.35 bits per heavy atom. The Balaban J connectivity index is 1.56. The highest BCUT2D eigenvalue weighted by atomic mass is 35.5. The summed E-state index contributed by atoms with van der Waals surface area (Å²) >= 11 is 5.98. The fourth-order valence-electron chi connectivity index (χ4n) is 3.75. The van der Waals surface area contributed by atoms with Crippen LogP contribution in [-0.2, 0) is 0 Å². The van der Waals surface area contributed by atoms with E-state index in [1.807, 2.05) is 0 Å². The summed E-state index contributed by atoms with van der Waals surface area (Å²) in [5, 5.41) is 7.64. The first-order chi connectivity index (χ1) is 16.5. The van der Waals surface area contributed by atoms with Crippen molar-refractivity contribution >= 4 is 45.0 Å². The Bertz CT molecular complexity index is 1580. The minimum Gasteiger partial charge on any atom is -0.497 e. The molecule has 0 bridgehead atoms. The summed E-state index contributed by atoms with van der Waals surface area (Å²) in [7, 11) is 3.08. The molecule has 34 heavy (non-hydrogen) atoms. The van der Waals surface area contributed by atoms with Crippen LogP contribution in [0.5, 0.6) is 11.5 Å². The molecule has 0 saturated carbocycles. The molecule has 8 nitrogen and oxygen atoms in total. The van der Waals surface area contributed by atoms with Crippen LogP contribution in [-0.4, -0.2) is 34.9 Å². The molecule has 0 aliphatic rings. The van der Waals surface area contributed by atoms with E-state index in [1.165, 1.54) is 10.9 Å². The third kappa shape index (κ3) is 3.84. The summed E-state index contributed by atoms with van der Waals surface area (Å²) in [6, 6.07) is 17.2. The number of carbonyl (C=O) groups excluding carboxylic acids is 1. The Morgan fingerprint density at radius 1 is 0.971 bits per heavy atom. The van der Waals surface area contributed by atoms with Gasteiger partial charge in [-0.25, -0.2) is 4.68 Å². The molecule has 5 rings (SSSR count). The van der Waals surface area contributed by atoms with Crippen LogP contribution in [0.25, 0.3) is 27.5 Å². The monoisotopic (exact) mass is 474 g/mol. The summed E-state index contributed by atoms with van der Waals surface area (Å²) in [6.45, 7) is 0. The number of pyridine rings is 1. The van der Waals surface area contributed by atoms with E-state index in [1.54, 1.807) is 74.9 Å². The zero-order valence-electron chi connectivity index (χ0n) is 18.3. The van der Waals surface area contributed by atoms with Crippen LogP contribution in [0, 0.1) is 0 Å². The van der Waals surface area contributed by atoms with E-state index in [2.05, 4.69) is 15.4 Å². The quantitative estimate of drug-likeness (QED) is 0.381. The number of nitrogens with one attached hydrogen (secondary N) is 2. The molecule has 2 heterocycles. The summed E-state index contributed by atoms with van der Waals surface area (Å²) in [4.78, 5) is 30.4. The van der Waals surface area contributed by atoms with Gasteiger partial charge in [-0.15, -0.1) is 0 Å². The van der Waals surface area contributed by atoms with Crippen molar-refractivity contribution in [2.75, 3.05) is 19.5 Å². The summed E-state index contributed by atoms with van der Waals surface area (Å²) in [5.74, 6) is 0.786. The largest absolute Gasteiger partial charge is 0.497 e. The van der Waals surface area contributed by atoms with E-state index in [0.29, 0.717) is 55.3 Å². The Hall–Kier alpha value is -4.30. The lowest BCUT2D eigenvalue weighted by molar-refractivity contribution is 0.102. The average Bonchev–Trinajstić information content (AvgIpc) is 3.20. The minimum absolute atomic E-state index is 0.245. The van der Waals surface area contributed by atoms with Crippen molar-refractivity contribution in [3.05, 3.63) is 87.8 Å². The van der Waals surface area contributed by atoms with Crippen LogP contribution in [0.15, 0.2) is 71.7 Å². The molecule has 0 aliphatic heterocycles. The number of H-pyrrole nitrogens is 1. The van der Waals surface area contributed by atoms with Crippen LogP contribution in [0.3, 0.4) is 0 Å². The third-order valence-corrected chi connectivity index (χ3v) is 5.73. The van der Waals surface area contributed by atoms with Gasteiger partial charge >= 0.3 is 0 Å². The van der Waals surface area contributed by atoms with E-state index in [0.717, 1.165) is 0 Å². The lowest BCUT2D eigenvalue weighted by Gasteiger charge is -2.10. The predicted molar refractivity (Wildman–Crippen MR) is 132 cm³/mol. The molecule has 3 aromatic carbocycles. The van der Waals surface area contributed by atoms with Gasteiger partial charge < -0.3 is 14.8 Å². The second kappa shape index (κ2) is 8.57. The molecule has 0 aliphatic carbocycles. The number of methoxy groups -OCH3 is 2. The van der Waals surface area contributed by atoms with Gasteiger partial charge in [-0.1, -0.05) is 11.6 Å². The normalized spacial score (nSPS) is 11.0. The molecule has 0 fully saturated rings. The first-order valence-corrected chi connectivity index (χ1v) is 10.7. The number of aromatic amines is 1. The van der Waals surface area contributed by atoms with Gasteiger partial charge in [0.2, 0.25) is 0 Å². The second-order valence-corrected chi connectivity index (χ2v) is 8.00. The first-order valence-electron chi connectivity index (χ1n) is 10.3. The van der Waals surface area contributed by atoms with Gasteiger partial charge in [-0.2, -0.15) is 0 Å². The number of benzene rings is 3. The van der Waals surface area contributed by atoms with E-state index >= 15 is 0 Å². The van der Waals surface area contributed by atoms with Gasteiger partial charge in [0.25, 0.3) is 11.5 Å². The number of hydrogen-bond acceptors (Lipinski definition) is 5. The maximum absolute atomic E-state index is 13.0. The second-order valence-electron chi connectivity index (χ2n) is 7.56. The van der Waals surface area contributed by atoms with E-state index < -0.39 is 0 Å². The average molecular weight is 475 g/mol. The molecule has 9 heteroatoms. The van der Waals surface area contributed by atoms with E-state index in [-0.39, 0.29) is 11.5 Å². The molecule has 2 aromatic heterocycles. The van der Waals surface area contributed by atoms with Crippen LogP contribution in [0.1, 0.15) is 10.4 Å². The van der Waals surface area contributed by atoms with Crippen LogP contribution in [0.2, 0.25) is 5.02 Å². The molecule has 0 radical (unpaired) electrons. The van der Waals surface area contributed by atoms with Gasteiger partial charge in [0, 0.05) is 46.1 Å². The van der Waals surface area contributed by atoms with Gasteiger partial charge in [-0.3, -0.25) is 19.7 Å². The van der Waals surface area contributed by atoms with Crippen molar-refractivity contribution < 1.29 is 14.3 Å². The van der Waals surface area contributed by atoms with E-state index in [9.17, 15) is 9.59 Å². The topological polar surface area (TPSA) is 98.2 Å². The highest BCUT2D eigenvalue weighted by Crippen LogP contribution is 2.27. The number of carbonyl (C=O) groups is 1. The fraction of sp³-hybridized carbons (Fsp3) is 0.0800. The molecule has 1 amide bonds.